The van der Waals surface area contributed by atoms with Crippen LogP contribution in [0.4, 0.5) is 0 Å². The minimum atomic E-state index is -1.23. The Balaban J connectivity index is 2.79. The molecule has 96 valence electrons. The van der Waals surface area contributed by atoms with Gasteiger partial charge in [-0.15, -0.1) is 0 Å². The maximum absolute atomic E-state index is 11.2. The molecule has 0 spiro atoms. The molecule has 0 unspecified atom stereocenters. The molecule has 3 N–H and O–H groups in total. The molecule has 5 nitrogen and oxygen atoms in total. The maximum atomic E-state index is 11.2. The van der Waals surface area contributed by atoms with E-state index in [2.05, 4.69) is 0 Å². The molecule has 0 aliphatic carbocycles. The fourth-order valence-corrected chi connectivity index (χ4v) is 1.89. The number of rotatable bonds is 3. The van der Waals surface area contributed by atoms with Crippen molar-refractivity contribution in [3.63, 3.8) is 0 Å². The molecular weight excluding hydrogens is 248 g/mol. The highest BCUT2D eigenvalue weighted by atomic mass is 16.4. The fourth-order valence-electron chi connectivity index (χ4n) is 1.89. The lowest BCUT2D eigenvalue weighted by Crippen LogP contribution is -2.04. The Bertz CT molecular complexity index is 661. The summed E-state index contributed by atoms with van der Waals surface area (Å²) in [5, 5.41) is 28.1. The second-order valence-electron chi connectivity index (χ2n) is 3.86. The number of hydrogen-bond donors (Lipinski definition) is 3. The Kier molecular flexibility index (Phi) is 3.20. The molecule has 0 amide bonds. The van der Waals surface area contributed by atoms with Gasteiger partial charge in [-0.25, -0.2) is 9.59 Å². The van der Waals surface area contributed by atoms with Crippen LogP contribution in [0.3, 0.4) is 0 Å². The molecule has 0 saturated heterocycles. The Labute approximate surface area is 108 Å². The van der Waals surface area contributed by atoms with Gasteiger partial charge in [-0.2, -0.15) is 0 Å². The van der Waals surface area contributed by atoms with E-state index in [1.807, 2.05) is 0 Å². The van der Waals surface area contributed by atoms with Gasteiger partial charge in [-0.3, -0.25) is 0 Å². The molecule has 2 rings (SSSR count). The van der Waals surface area contributed by atoms with E-state index in [1.54, 1.807) is 6.07 Å². The van der Waals surface area contributed by atoms with Crippen LogP contribution in [0.5, 0.6) is 5.75 Å². The largest absolute Gasteiger partial charge is 0.507 e. The van der Waals surface area contributed by atoms with E-state index >= 15 is 0 Å². The Morgan fingerprint density at radius 3 is 2.00 bits per heavy atom. The van der Waals surface area contributed by atoms with Crippen LogP contribution in [0, 0.1) is 0 Å². The molecule has 0 aliphatic heterocycles. The van der Waals surface area contributed by atoms with Crippen LogP contribution in [0.1, 0.15) is 20.7 Å². The summed E-state index contributed by atoms with van der Waals surface area (Å²) < 4.78 is 0. The number of aromatic carboxylic acids is 2. The third-order valence-corrected chi connectivity index (χ3v) is 2.70. The third-order valence-electron chi connectivity index (χ3n) is 2.70. The van der Waals surface area contributed by atoms with Gasteiger partial charge in [0.1, 0.15) is 5.75 Å². The monoisotopic (exact) mass is 258 g/mol. The maximum Gasteiger partial charge on any atom is 0.336 e. The first-order chi connectivity index (χ1) is 9.02. The molecule has 0 fully saturated rings. The zero-order valence-electron chi connectivity index (χ0n) is 9.70. The van der Waals surface area contributed by atoms with E-state index in [0.29, 0.717) is 0 Å². The van der Waals surface area contributed by atoms with Crippen molar-refractivity contribution in [2.75, 3.05) is 0 Å². The normalized spacial score (nSPS) is 10.1. The van der Waals surface area contributed by atoms with Crippen molar-refractivity contribution in [3.05, 3.63) is 53.6 Å². The van der Waals surface area contributed by atoms with E-state index in [4.69, 9.17) is 10.2 Å². The number of hydrogen-bond acceptors (Lipinski definition) is 3. The molecule has 0 radical (unpaired) electrons. The van der Waals surface area contributed by atoms with Gasteiger partial charge < -0.3 is 15.3 Å². The molecule has 2 aromatic rings. The van der Waals surface area contributed by atoms with E-state index in [0.717, 1.165) is 0 Å². The van der Waals surface area contributed by atoms with Gasteiger partial charge in [0.2, 0.25) is 0 Å². The highest BCUT2D eigenvalue weighted by Gasteiger charge is 2.20. The zero-order valence-corrected chi connectivity index (χ0v) is 9.70. The summed E-state index contributed by atoms with van der Waals surface area (Å²) in [5.74, 6) is -2.69. The Hall–Kier alpha value is -2.82. The van der Waals surface area contributed by atoms with Crippen LogP contribution in [0.25, 0.3) is 11.1 Å². The van der Waals surface area contributed by atoms with Crippen LogP contribution in [0.15, 0.2) is 42.5 Å². The van der Waals surface area contributed by atoms with E-state index in [9.17, 15) is 14.7 Å². The Morgan fingerprint density at radius 1 is 0.789 bits per heavy atom. The smallest absolute Gasteiger partial charge is 0.336 e. The van der Waals surface area contributed by atoms with Crippen molar-refractivity contribution in [1.29, 1.82) is 0 Å². The highest BCUT2D eigenvalue weighted by molar-refractivity contribution is 6.03. The average Bonchev–Trinajstić information content (AvgIpc) is 2.38. The van der Waals surface area contributed by atoms with Crippen molar-refractivity contribution in [2.45, 2.75) is 0 Å². The quantitative estimate of drug-likeness (QED) is 0.786. The van der Waals surface area contributed by atoms with Crippen molar-refractivity contribution in [1.82, 2.24) is 0 Å². The van der Waals surface area contributed by atoms with Crippen molar-refractivity contribution in [3.8, 4) is 16.9 Å². The lowest BCUT2D eigenvalue weighted by atomic mass is 9.94. The van der Waals surface area contributed by atoms with Gasteiger partial charge in [-0.05, 0) is 18.2 Å². The first-order valence-electron chi connectivity index (χ1n) is 5.40. The highest BCUT2D eigenvalue weighted by Crippen LogP contribution is 2.34. The van der Waals surface area contributed by atoms with Gasteiger partial charge in [0.05, 0.1) is 11.1 Å². The van der Waals surface area contributed by atoms with Crippen LogP contribution in [-0.2, 0) is 0 Å². The van der Waals surface area contributed by atoms with Crippen LogP contribution in [0.2, 0.25) is 0 Å². The first kappa shape index (κ1) is 12.6. The van der Waals surface area contributed by atoms with E-state index in [1.165, 1.54) is 36.4 Å². The molecule has 0 saturated carbocycles. The number of aromatic hydroxyl groups is 1. The zero-order chi connectivity index (χ0) is 14.0. The standard InChI is InChI=1S/C14H10O5/c15-11-7-3-6-10(14(18)19)12(11)8-4-1-2-5-9(8)13(16)17/h1-7,15H,(H,16,17)(H,18,19). The number of carboxylic acids is 2. The lowest BCUT2D eigenvalue weighted by molar-refractivity contribution is 0.0684. The molecule has 19 heavy (non-hydrogen) atoms. The first-order valence-corrected chi connectivity index (χ1v) is 5.40. The van der Waals surface area contributed by atoms with Crippen molar-refractivity contribution in [2.24, 2.45) is 0 Å². The summed E-state index contributed by atoms with van der Waals surface area (Å²) in [5.41, 5.74) is -0.0290. The summed E-state index contributed by atoms with van der Waals surface area (Å²) in [6.07, 6.45) is 0. The number of carbonyl (C=O) groups is 2. The van der Waals surface area contributed by atoms with E-state index in [-0.39, 0.29) is 28.0 Å². The average molecular weight is 258 g/mol. The molecule has 0 atom stereocenters. The van der Waals surface area contributed by atoms with Gasteiger partial charge in [0.15, 0.2) is 0 Å². The molecule has 0 heterocycles. The molecule has 0 aromatic heterocycles. The second-order valence-corrected chi connectivity index (χ2v) is 3.86. The van der Waals surface area contributed by atoms with E-state index < -0.39 is 11.9 Å². The summed E-state index contributed by atoms with van der Waals surface area (Å²) >= 11 is 0. The molecule has 0 bridgehead atoms. The number of benzene rings is 2. The Morgan fingerprint density at radius 2 is 1.37 bits per heavy atom. The number of carboxylic acid groups (broad SMARTS) is 2. The SMILES string of the molecule is O=C(O)c1ccccc1-c1c(O)cccc1C(=O)O. The minimum Gasteiger partial charge on any atom is -0.507 e. The minimum absolute atomic E-state index is 0.00741. The summed E-state index contributed by atoms with van der Waals surface area (Å²) in [6, 6.07) is 9.97. The molecule has 2 aromatic carbocycles. The van der Waals surface area contributed by atoms with Crippen LogP contribution in [-0.4, -0.2) is 27.3 Å². The second kappa shape index (κ2) is 4.81. The third kappa shape index (κ3) is 2.26. The van der Waals surface area contributed by atoms with Crippen LogP contribution < -0.4 is 0 Å². The van der Waals surface area contributed by atoms with Crippen molar-refractivity contribution < 1.29 is 24.9 Å². The summed E-state index contributed by atoms with van der Waals surface area (Å²) in [6.45, 7) is 0. The fraction of sp³-hybridized carbons (Fsp3) is 0. The van der Waals surface area contributed by atoms with Gasteiger partial charge in [0, 0.05) is 11.1 Å². The van der Waals surface area contributed by atoms with Crippen LogP contribution >= 0.6 is 0 Å². The molecule has 5 heteroatoms. The number of phenolic OH excluding ortho intramolecular Hbond substituents is 1. The topological polar surface area (TPSA) is 94.8 Å². The predicted molar refractivity (Wildman–Crippen MR) is 67.5 cm³/mol. The van der Waals surface area contributed by atoms with Gasteiger partial charge in [-0.1, -0.05) is 24.3 Å². The molecular formula is C14H10O5. The van der Waals surface area contributed by atoms with Gasteiger partial charge >= 0.3 is 11.9 Å². The predicted octanol–water partition coefficient (Wildman–Crippen LogP) is 2.46. The summed E-state index contributed by atoms with van der Waals surface area (Å²) in [7, 11) is 0. The number of phenols is 1. The van der Waals surface area contributed by atoms with Gasteiger partial charge in [0.25, 0.3) is 0 Å². The lowest BCUT2D eigenvalue weighted by Gasteiger charge is -2.11. The van der Waals surface area contributed by atoms with Crippen molar-refractivity contribution >= 4 is 11.9 Å². The molecule has 0 aliphatic rings. The summed E-state index contributed by atoms with van der Waals surface area (Å²) in [4.78, 5) is 22.3.